The number of benzene rings is 2. The molecule has 34 heavy (non-hydrogen) atoms. The van der Waals surface area contributed by atoms with Crippen molar-refractivity contribution in [3.8, 4) is 5.75 Å². The van der Waals surface area contributed by atoms with Gasteiger partial charge in [0.15, 0.2) is 0 Å². The largest absolute Gasteiger partial charge is 0.497 e. The Balaban J connectivity index is 1.62. The van der Waals surface area contributed by atoms with Crippen LogP contribution in [0.15, 0.2) is 54.6 Å². The number of piperidine rings is 1. The lowest BCUT2D eigenvalue weighted by Gasteiger charge is -2.52. The van der Waals surface area contributed by atoms with E-state index < -0.39 is 5.60 Å². The molecule has 5 heteroatoms. The number of ether oxygens (including phenoxy) is 1. The van der Waals surface area contributed by atoms with Crippen molar-refractivity contribution < 1.29 is 14.6 Å². The molecule has 1 saturated heterocycles. The smallest absolute Gasteiger partial charge is 0.247 e. The molecule has 1 aliphatic heterocycles. The molecule has 0 unspecified atom stereocenters. The van der Waals surface area contributed by atoms with Crippen molar-refractivity contribution in [1.82, 2.24) is 4.90 Å². The van der Waals surface area contributed by atoms with E-state index in [1.165, 1.54) is 5.69 Å². The van der Waals surface area contributed by atoms with Gasteiger partial charge in [-0.25, -0.2) is 0 Å². The second kappa shape index (κ2) is 10.6. The summed E-state index contributed by atoms with van der Waals surface area (Å²) in [5.74, 6) is 0.859. The average molecular weight is 463 g/mol. The van der Waals surface area contributed by atoms with E-state index in [2.05, 4.69) is 43.0 Å². The molecule has 0 bridgehead atoms. The molecule has 2 aromatic carbocycles. The van der Waals surface area contributed by atoms with Crippen molar-refractivity contribution in [1.29, 1.82) is 0 Å². The highest BCUT2D eigenvalue weighted by atomic mass is 16.5. The topological polar surface area (TPSA) is 53.0 Å². The summed E-state index contributed by atoms with van der Waals surface area (Å²) in [5, 5.41) is 11.5. The van der Waals surface area contributed by atoms with Crippen LogP contribution in [0.1, 0.15) is 63.1 Å². The van der Waals surface area contributed by atoms with E-state index in [-0.39, 0.29) is 17.9 Å². The van der Waals surface area contributed by atoms with Gasteiger partial charge in [-0.15, -0.1) is 0 Å². The first-order chi connectivity index (χ1) is 16.5. The highest BCUT2D eigenvalue weighted by Crippen LogP contribution is 2.49. The fourth-order valence-corrected chi connectivity index (χ4v) is 5.79. The summed E-state index contributed by atoms with van der Waals surface area (Å²) in [6.45, 7) is 6.82. The van der Waals surface area contributed by atoms with Crippen LogP contribution >= 0.6 is 0 Å². The van der Waals surface area contributed by atoms with Crippen LogP contribution in [0.4, 0.5) is 5.69 Å². The third-order valence-corrected chi connectivity index (χ3v) is 7.75. The Labute approximate surface area is 204 Å². The minimum atomic E-state index is -0.684. The van der Waals surface area contributed by atoms with Gasteiger partial charge in [0, 0.05) is 37.3 Å². The Kier molecular flexibility index (Phi) is 7.62. The predicted molar refractivity (Wildman–Crippen MR) is 138 cm³/mol. The number of methoxy groups -OCH3 is 1. The minimum absolute atomic E-state index is 0.00117. The molecule has 2 aliphatic rings. The van der Waals surface area contributed by atoms with E-state index in [1.54, 1.807) is 13.2 Å². The number of aliphatic hydroxyl groups is 1. The molecule has 1 heterocycles. The Bertz CT molecular complexity index is 981. The number of anilines is 1. The average Bonchev–Trinajstić information content (AvgIpc) is 2.88. The van der Waals surface area contributed by atoms with E-state index in [0.717, 1.165) is 55.6 Å². The van der Waals surface area contributed by atoms with Gasteiger partial charge in [0.1, 0.15) is 5.75 Å². The first kappa shape index (κ1) is 24.3. The van der Waals surface area contributed by atoms with Crippen LogP contribution in [0, 0.1) is 5.92 Å². The number of carbonyl (C=O) groups excluding carboxylic acids is 1. The van der Waals surface area contributed by atoms with Crippen LogP contribution in [0.5, 0.6) is 5.75 Å². The number of amides is 1. The summed E-state index contributed by atoms with van der Waals surface area (Å²) in [4.78, 5) is 17.8. The Hall–Kier alpha value is -2.79. The second-order valence-corrected chi connectivity index (χ2v) is 9.55. The summed E-state index contributed by atoms with van der Waals surface area (Å²) in [5.41, 5.74) is 2.59. The van der Waals surface area contributed by atoms with Gasteiger partial charge in [0.2, 0.25) is 5.91 Å². The highest BCUT2D eigenvalue weighted by Gasteiger charge is 2.49. The van der Waals surface area contributed by atoms with E-state index in [4.69, 9.17) is 4.74 Å². The Morgan fingerprint density at radius 3 is 2.44 bits per heavy atom. The van der Waals surface area contributed by atoms with Gasteiger partial charge in [-0.05, 0) is 74.6 Å². The molecule has 1 N–H and O–H groups in total. The maximum Gasteiger partial charge on any atom is 0.247 e. The molecule has 2 fully saturated rings. The lowest BCUT2D eigenvalue weighted by atomic mass is 9.66. The standard InChI is InChI=1S/C29H38N2O3/c1-4-30(5-2)24-14-12-23(13-15-24)28-26-8-6-7-19-29(26,33)20-21-31(28)27(32)18-11-22-9-16-25(34-3)17-10-22/h9-18,26,28,33H,4-8,19-21H2,1-3H3/b18-11+/t26-,28-,29+/m0/s1. The number of likely N-dealkylation sites (tertiary alicyclic amines) is 1. The second-order valence-electron chi connectivity index (χ2n) is 9.55. The lowest BCUT2D eigenvalue weighted by Crippen LogP contribution is -2.56. The molecule has 1 saturated carbocycles. The fraction of sp³-hybridized carbons (Fsp3) is 0.483. The molecular weight excluding hydrogens is 424 g/mol. The number of hydrogen-bond donors (Lipinski definition) is 1. The molecule has 0 spiro atoms. The molecule has 0 aromatic heterocycles. The van der Waals surface area contributed by atoms with Gasteiger partial charge in [-0.2, -0.15) is 0 Å². The van der Waals surface area contributed by atoms with E-state index in [9.17, 15) is 9.90 Å². The third-order valence-electron chi connectivity index (χ3n) is 7.75. The number of rotatable bonds is 7. The van der Waals surface area contributed by atoms with Crippen molar-refractivity contribution in [3.63, 3.8) is 0 Å². The lowest BCUT2D eigenvalue weighted by molar-refractivity contribution is -0.150. The molecular formula is C29H38N2O3. The van der Waals surface area contributed by atoms with Crippen molar-refractivity contribution in [2.75, 3.05) is 31.6 Å². The van der Waals surface area contributed by atoms with Gasteiger partial charge in [-0.3, -0.25) is 4.79 Å². The monoisotopic (exact) mass is 462 g/mol. The van der Waals surface area contributed by atoms with Gasteiger partial charge in [-0.1, -0.05) is 37.1 Å². The normalized spacial score (nSPS) is 24.6. The van der Waals surface area contributed by atoms with Gasteiger partial charge < -0.3 is 19.6 Å². The van der Waals surface area contributed by atoms with E-state index in [1.807, 2.05) is 35.2 Å². The van der Waals surface area contributed by atoms with Crippen LogP contribution in [0.25, 0.3) is 6.08 Å². The zero-order valence-corrected chi connectivity index (χ0v) is 20.7. The molecule has 3 atom stereocenters. The molecule has 1 aliphatic carbocycles. The van der Waals surface area contributed by atoms with E-state index >= 15 is 0 Å². The molecule has 4 rings (SSSR count). The maximum atomic E-state index is 13.4. The Morgan fingerprint density at radius 1 is 1.09 bits per heavy atom. The number of hydrogen-bond acceptors (Lipinski definition) is 4. The summed E-state index contributed by atoms with van der Waals surface area (Å²) in [7, 11) is 1.64. The Morgan fingerprint density at radius 2 is 1.79 bits per heavy atom. The SMILES string of the molecule is CCN(CC)c1ccc([C@H]2[C@@H]3CCCC[C@@]3(O)CCN2C(=O)/C=C/c2ccc(OC)cc2)cc1. The van der Waals surface area contributed by atoms with Crippen LogP contribution < -0.4 is 9.64 Å². The van der Waals surface area contributed by atoms with Gasteiger partial charge >= 0.3 is 0 Å². The zero-order valence-electron chi connectivity index (χ0n) is 20.7. The number of fused-ring (bicyclic) bond motifs is 1. The summed E-state index contributed by atoms with van der Waals surface area (Å²) < 4.78 is 5.22. The molecule has 1 amide bonds. The van der Waals surface area contributed by atoms with E-state index in [0.29, 0.717) is 13.0 Å². The van der Waals surface area contributed by atoms with Crippen LogP contribution in [0.2, 0.25) is 0 Å². The molecule has 0 radical (unpaired) electrons. The molecule has 2 aromatic rings. The minimum Gasteiger partial charge on any atom is -0.497 e. The first-order valence-corrected chi connectivity index (χ1v) is 12.7. The van der Waals surface area contributed by atoms with Crippen molar-refractivity contribution in [3.05, 3.63) is 65.7 Å². The van der Waals surface area contributed by atoms with Crippen LogP contribution in [-0.2, 0) is 4.79 Å². The van der Waals surface area contributed by atoms with Crippen molar-refractivity contribution in [2.45, 2.75) is 57.6 Å². The van der Waals surface area contributed by atoms with Crippen LogP contribution in [0.3, 0.4) is 0 Å². The van der Waals surface area contributed by atoms with Crippen LogP contribution in [-0.4, -0.2) is 48.3 Å². The third kappa shape index (κ3) is 5.00. The fourth-order valence-electron chi connectivity index (χ4n) is 5.79. The molecule has 5 nitrogen and oxygen atoms in total. The zero-order chi connectivity index (χ0) is 24.1. The van der Waals surface area contributed by atoms with Crippen molar-refractivity contribution >= 4 is 17.7 Å². The first-order valence-electron chi connectivity index (χ1n) is 12.7. The quantitative estimate of drug-likeness (QED) is 0.556. The molecule has 182 valence electrons. The number of carbonyl (C=O) groups is 1. The summed E-state index contributed by atoms with van der Waals surface area (Å²) in [6, 6.07) is 16.2. The summed E-state index contributed by atoms with van der Waals surface area (Å²) in [6.07, 6.45) is 8.13. The van der Waals surface area contributed by atoms with Crippen molar-refractivity contribution in [2.24, 2.45) is 5.92 Å². The van der Waals surface area contributed by atoms with Gasteiger partial charge in [0.25, 0.3) is 0 Å². The predicted octanol–water partition coefficient (Wildman–Crippen LogP) is 5.45. The number of nitrogens with zero attached hydrogens (tertiary/aromatic N) is 2. The summed E-state index contributed by atoms with van der Waals surface area (Å²) >= 11 is 0. The maximum absolute atomic E-state index is 13.4. The van der Waals surface area contributed by atoms with Gasteiger partial charge in [0.05, 0.1) is 18.8 Å². The highest BCUT2D eigenvalue weighted by molar-refractivity contribution is 5.92.